The highest BCUT2D eigenvalue weighted by atomic mass is 32.2. The van der Waals surface area contributed by atoms with Crippen molar-refractivity contribution in [2.75, 3.05) is 6.26 Å². The van der Waals surface area contributed by atoms with Gasteiger partial charge in [0.05, 0.1) is 17.9 Å². The molecule has 0 atom stereocenters. The van der Waals surface area contributed by atoms with Crippen LogP contribution in [0, 0.1) is 5.82 Å². The second kappa shape index (κ2) is 7.51. The molecule has 0 spiro atoms. The van der Waals surface area contributed by atoms with Crippen molar-refractivity contribution in [3.8, 4) is 11.4 Å². The van der Waals surface area contributed by atoms with E-state index in [0.717, 1.165) is 0 Å². The summed E-state index contributed by atoms with van der Waals surface area (Å²) >= 11 is 1.33. The number of nitrogens with zero attached hydrogens (tertiary/aromatic N) is 5. The molecule has 0 radical (unpaired) electrons. The minimum Gasteiger partial charge on any atom is -0.284 e. The lowest BCUT2D eigenvalue weighted by molar-refractivity contribution is 0.592. The predicted octanol–water partition coefficient (Wildman–Crippen LogP) is 2.78. The number of pyridine rings is 1. The second-order valence-electron chi connectivity index (χ2n) is 6.16. The molecular formula is C20H16FN5O2S. The molecule has 7 nitrogen and oxygen atoms in total. The Bertz CT molecular complexity index is 1360. The van der Waals surface area contributed by atoms with E-state index >= 15 is 0 Å². The summed E-state index contributed by atoms with van der Waals surface area (Å²) in [7, 11) is 0. The van der Waals surface area contributed by atoms with Gasteiger partial charge in [-0.2, -0.15) is 0 Å². The second-order valence-corrected chi connectivity index (χ2v) is 6.93. The van der Waals surface area contributed by atoms with Crippen LogP contribution in [0.5, 0.6) is 0 Å². The van der Waals surface area contributed by atoms with Crippen LogP contribution in [0.1, 0.15) is 0 Å². The molecule has 0 aliphatic rings. The fourth-order valence-electron chi connectivity index (χ4n) is 3.12. The molecule has 4 rings (SSSR count). The third-order valence-corrected chi connectivity index (χ3v) is 4.91. The molecule has 3 aromatic heterocycles. The Morgan fingerprint density at radius 3 is 2.72 bits per heavy atom. The molecule has 0 fully saturated rings. The number of hydrogen-bond acceptors (Lipinski definition) is 5. The SMILES string of the molecule is C=CCn1c(=O)c2cnc(SC)nc2n1-c1cc(F)cc(-n2ccccc2=O)c1. The number of thioether (sulfide) groups is 1. The maximum absolute atomic E-state index is 14.5. The maximum atomic E-state index is 14.5. The van der Waals surface area contributed by atoms with Gasteiger partial charge >= 0.3 is 0 Å². The standard InChI is InChI=1S/C20H16FN5O2S/c1-3-7-25-19(28)16-12-22-20(29-2)23-18(16)26(25)15-10-13(21)9-14(11-15)24-8-5-4-6-17(24)27/h3-6,8-12H,1,7H2,2H3. The number of hydrogen-bond donors (Lipinski definition) is 0. The van der Waals surface area contributed by atoms with E-state index in [1.165, 1.54) is 50.1 Å². The van der Waals surface area contributed by atoms with E-state index in [2.05, 4.69) is 16.5 Å². The zero-order valence-corrected chi connectivity index (χ0v) is 16.3. The summed E-state index contributed by atoms with van der Waals surface area (Å²) in [4.78, 5) is 33.7. The minimum atomic E-state index is -0.549. The topological polar surface area (TPSA) is 74.7 Å². The van der Waals surface area contributed by atoms with Crippen LogP contribution in [0.2, 0.25) is 0 Å². The average molecular weight is 409 g/mol. The van der Waals surface area contributed by atoms with E-state index in [1.54, 1.807) is 30.5 Å². The van der Waals surface area contributed by atoms with Gasteiger partial charge in [-0.05, 0) is 30.5 Å². The predicted molar refractivity (Wildman–Crippen MR) is 111 cm³/mol. The van der Waals surface area contributed by atoms with Crippen molar-refractivity contribution in [1.82, 2.24) is 23.9 Å². The van der Waals surface area contributed by atoms with Crippen molar-refractivity contribution in [3.05, 3.63) is 88.0 Å². The van der Waals surface area contributed by atoms with E-state index in [4.69, 9.17) is 0 Å². The third kappa shape index (κ3) is 3.29. The number of halogens is 1. The Hall–Kier alpha value is -3.46. The first-order valence-corrected chi connectivity index (χ1v) is 9.88. The number of fused-ring (bicyclic) bond motifs is 1. The van der Waals surface area contributed by atoms with Gasteiger partial charge in [-0.1, -0.05) is 23.9 Å². The van der Waals surface area contributed by atoms with Crippen molar-refractivity contribution in [2.45, 2.75) is 11.7 Å². The van der Waals surface area contributed by atoms with E-state index in [-0.39, 0.29) is 17.7 Å². The Morgan fingerprint density at radius 1 is 1.21 bits per heavy atom. The number of aromatic nitrogens is 5. The van der Waals surface area contributed by atoms with E-state index in [0.29, 0.717) is 27.6 Å². The van der Waals surface area contributed by atoms with Crippen LogP contribution < -0.4 is 11.1 Å². The van der Waals surface area contributed by atoms with Crippen molar-refractivity contribution >= 4 is 22.8 Å². The maximum Gasteiger partial charge on any atom is 0.278 e. The lowest BCUT2D eigenvalue weighted by Crippen LogP contribution is -2.22. The molecule has 1 aromatic carbocycles. The fraction of sp³-hybridized carbons (Fsp3) is 0.100. The first-order valence-electron chi connectivity index (χ1n) is 8.66. The number of benzene rings is 1. The molecule has 0 N–H and O–H groups in total. The molecule has 9 heteroatoms. The largest absolute Gasteiger partial charge is 0.284 e. The molecule has 3 heterocycles. The Morgan fingerprint density at radius 2 is 2.00 bits per heavy atom. The summed E-state index contributed by atoms with van der Waals surface area (Å²) in [6.07, 6.45) is 6.42. The Kier molecular flexibility index (Phi) is 4.89. The van der Waals surface area contributed by atoms with Gasteiger partial charge in [0.2, 0.25) is 0 Å². The highest BCUT2D eigenvalue weighted by Crippen LogP contribution is 2.21. The van der Waals surface area contributed by atoms with Crippen molar-refractivity contribution in [2.24, 2.45) is 0 Å². The highest BCUT2D eigenvalue weighted by Gasteiger charge is 2.18. The zero-order chi connectivity index (χ0) is 20.5. The van der Waals surface area contributed by atoms with E-state index in [9.17, 15) is 14.0 Å². The number of allylic oxidation sites excluding steroid dienone is 1. The van der Waals surface area contributed by atoms with Gasteiger partial charge < -0.3 is 0 Å². The summed E-state index contributed by atoms with van der Waals surface area (Å²) in [5.74, 6) is -0.549. The van der Waals surface area contributed by atoms with Gasteiger partial charge in [-0.3, -0.25) is 14.2 Å². The zero-order valence-electron chi connectivity index (χ0n) is 15.4. The first kappa shape index (κ1) is 18.9. The van der Waals surface area contributed by atoms with Gasteiger partial charge in [0.1, 0.15) is 11.2 Å². The van der Waals surface area contributed by atoms with E-state index < -0.39 is 5.82 Å². The van der Waals surface area contributed by atoms with Crippen LogP contribution in [0.4, 0.5) is 4.39 Å². The van der Waals surface area contributed by atoms with Gasteiger partial charge in [-0.15, -0.1) is 6.58 Å². The van der Waals surface area contributed by atoms with Crippen LogP contribution in [-0.4, -0.2) is 30.2 Å². The van der Waals surface area contributed by atoms with Gasteiger partial charge in [0.25, 0.3) is 11.1 Å². The van der Waals surface area contributed by atoms with Crippen LogP contribution in [0.3, 0.4) is 0 Å². The monoisotopic (exact) mass is 409 g/mol. The molecule has 0 unspecified atom stereocenters. The molecule has 0 saturated carbocycles. The van der Waals surface area contributed by atoms with Crippen molar-refractivity contribution in [3.63, 3.8) is 0 Å². The molecular weight excluding hydrogens is 393 g/mol. The summed E-state index contributed by atoms with van der Waals surface area (Å²) in [6.45, 7) is 3.89. The fourth-order valence-corrected chi connectivity index (χ4v) is 3.46. The quantitative estimate of drug-likeness (QED) is 0.288. The summed E-state index contributed by atoms with van der Waals surface area (Å²) in [6, 6.07) is 8.86. The van der Waals surface area contributed by atoms with Gasteiger partial charge in [-0.25, -0.2) is 23.7 Å². The van der Waals surface area contributed by atoms with Crippen LogP contribution in [-0.2, 0) is 6.54 Å². The number of rotatable bonds is 5. The molecule has 29 heavy (non-hydrogen) atoms. The lowest BCUT2D eigenvalue weighted by atomic mass is 10.2. The van der Waals surface area contributed by atoms with Gasteiger partial charge in [0, 0.05) is 18.5 Å². The van der Waals surface area contributed by atoms with Crippen LogP contribution >= 0.6 is 11.8 Å². The third-order valence-electron chi connectivity index (χ3n) is 4.35. The molecule has 0 amide bonds. The molecule has 0 saturated heterocycles. The molecule has 0 aliphatic heterocycles. The Balaban J connectivity index is 2.05. The summed E-state index contributed by atoms with van der Waals surface area (Å²) in [5, 5.41) is 0.797. The minimum absolute atomic E-state index is 0.195. The normalized spacial score (nSPS) is 11.1. The molecule has 4 aromatic rings. The smallest absolute Gasteiger partial charge is 0.278 e. The van der Waals surface area contributed by atoms with E-state index in [1.807, 2.05) is 6.26 Å². The molecule has 0 bridgehead atoms. The molecule has 146 valence electrons. The van der Waals surface area contributed by atoms with Crippen molar-refractivity contribution in [1.29, 1.82) is 0 Å². The lowest BCUT2D eigenvalue weighted by Gasteiger charge is -2.13. The summed E-state index contributed by atoms with van der Waals surface area (Å²) in [5.41, 5.74) is 0.444. The first-order chi connectivity index (χ1) is 14.0. The Labute approximate surface area is 168 Å². The highest BCUT2D eigenvalue weighted by molar-refractivity contribution is 7.98. The van der Waals surface area contributed by atoms with Gasteiger partial charge in [0.15, 0.2) is 10.8 Å². The summed E-state index contributed by atoms with van der Waals surface area (Å²) < 4.78 is 18.8. The average Bonchev–Trinajstić information content (AvgIpc) is 2.99. The van der Waals surface area contributed by atoms with Crippen molar-refractivity contribution < 1.29 is 4.39 Å². The van der Waals surface area contributed by atoms with Crippen LogP contribution in [0.25, 0.3) is 22.4 Å². The molecule has 0 aliphatic carbocycles. The van der Waals surface area contributed by atoms with Crippen LogP contribution in [0.15, 0.2) is 76.2 Å².